The lowest BCUT2D eigenvalue weighted by molar-refractivity contribution is -0.148. The molecule has 84 valence electrons. The monoisotopic (exact) mass is 214 g/mol. The first-order valence-corrected chi connectivity index (χ1v) is 4.78. The molecule has 0 amide bonds. The molecule has 6 N–H and O–H groups in total. The third kappa shape index (κ3) is 0.908. The number of rotatable bonds is 2. The van der Waals surface area contributed by atoms with Crippen molar-refractivity contribution in [3.05, 3.63) is 0 Å². The van der Waals surface area contributed by atoms with Gasteiger partial charge in [0.15, 0.2) is 0 Å². The van der Waals surface area contributed by atoms with Crippen LogP contribution >= 0.6 is 0 Å². The topological polar surface area (TPSA) is 127 Å². The molecule has 2 fully saturated rings. The van der Waals surface area contributed by atoms with E-state index in [9.17, 15) is 9.59 Å². The summed E-state index contributed by atoms with van der Waals surface area (Å²) >= 11 is 0. The van der Waals surface area contributed by atoms with Gasteiger partial charge in [0.25, 0.3) is 0 Å². The fourth-order valence-electron chi connectivity index (χ4n) is 3.09. The second-order valence-electron chi connectivity index (χ2n) is 4.75. The Kier molecular flexibility index (Phi) is 1.74. The van der Waals surface area contributed by atoms with Crippen LogP contribution in [0, 0.1) is 17.3 Å². The third-order valence-corrected chi connectivity index (χ3v) is 4.18. The Bertz CT molecular complexity index is 358. The number of hydrogen-bond acceptors (Lipinski definition) is 4. The number of carbonyl (C=O) groups is 2. The van der Waals surface area contributed by atoms with Crippen LogP contribution in [0.4, 0.5) is 0 Å². The summed E-state index contributed by atoms with van der Waals surface area (Å²) in [6, 6.07) is -0.655. The average molecular weight is 214 g/mol. The van der Waals surface area contributed by atoms with E-state index >= 15 is 0 Å². The van der Waals surface area contributed by atoms with Crippen LogP contribution in [0.2, 0.25) is 0 Å². The van der Waals surface area contributed by atoms with E-state index in [2.05, 4.69) is 0 Å². The van der Waals surface area contributed by atoms with Crippen LogP contribution in [-0.4, -0.2) is 33.7 Å². The van der Waals surface area contributed by atoms with Gasteiger partial charge in [0, 0.05) is 12.0 Å². The minimum Gasteiger partial charge on any atom is -0.481 e. The number of aliphatic carboxylic acids is 2. The molecule has 0 saturated heterocycles. The maximum atomic E-state index is 11.1. The largest absolute Gasteiger partial charge is 0.481 e. The van der Waals surface area contributed by atoms with Crippen LogP contribution in [0.1, 0.15) is 13.3 Å². The minimum absolute atomic E-state index is 0.203. The number of nitrogens with two attached hydrogens (primary N) is 2. The van der Waals surface area contributed by atoms with Crippen molar-refractivity contribution in [2.24, 2.45) is 28.7 Å². The highest BCUT2D eigenvalue weighted by Crippen LogP contribution is 2.69. The molecular formula is C9H14N2O4. The van der Waals surface area contributed by atoms with Crippen molar-refractivity contribution in [1.29, 1.82) is 0 Å². The van der Waals surface area contributed by atoms with E-state index in [4.69, 9.17) is 21.7 Å². The standard InChI is InChI=1S/C9H14N2O4/c1-8(6(12)13)3-2-4(10)9(11,5(3)8)7(14)15/h3-5H,2,10-11H2,1H3,(H,12,13)(H,14,15). The molecule has 2 aliphatic carbocycles. The molecule has 0 aromatic carbocycles. The van der Waals surface area contributed by atoms with Crippen LogP contribution in [0.25, 0.3) is 0 Å². The molecule has 6 nitrogen and oxygen atoms in total. The first-order valence-electron chi connectivity index (χ1n) is 4.78. The third-order valence-electron chi connectivity index (χ3n) is 4.18. The van der Waals surface area contributed by atoms with Crippen molar-refractivity contribution < 1.29 is 19.8 Å². The molecule has 0 bridgehead atoms. The van der Waals surface area contributed by atoms with Crippen LogP contribution in [-0.2, 0) is 9.59 Å². The van der Waals surface area contributed by atoms with Crippen molar-refractivity contribution in [1.82, 2.24) is 0 Å². The van der Waals surface area contributed by atoms with Gasteiger partial charge in [-0.1, -0.05) is 0 Å². The quantitative estimate of drug-likeness (QED) is 0.459. The Morgan fingerprint density at radius 3 is 2.27 bits per heavy atom. The van der Waals surface area contributed by atoms with Gasteiger partial charge < -0.3 is 21.7 Å². The molecule has 5 unspecified atom stereocenters. The average Bonchev–Trinajstić information content (AvgIpc) is 2.60. The Hall–Kier alpha value is -1.14. The zero-order valence-corrected chi connectivity index (χ0v) is 8.30. The molecule has 0 aromatic rings. The zero-order chi connectivity index (χ0) is 11.6. The summed E-state index contributed by atoms with van der Waals surface area (Å²) in [7, 11) is 0. The molecule has 0 radical (unpaired) electrons. The molecule has 0 aromatic heterocycles. The van der Waals surface area contributed by atoms with Gasteiger partial charge in [0.05, 0.1) is 5.41 Å². The Balaban J connectivity index is 2.37. The maximum Gasteiger partial charge on any atom is 0.325 e. The van der Waals surface area contributed by atoms with Gasteiger partial charge in [0.2, 0.25) is 0 Å². The summed E-state index contributed by atoms with van der Waals surface area (Å²) in [6.45, 7) is 1.54. The second-order valence-corrected chi connectivity index (χ2v) is 4.75. The zero-order valence-electron chi connectivity index (χ0n) is 8.30. The van der Waals surface area contributed by atoms with E-state index < -0.39 is 34.9 Å². The van der Waals surface area contributed by atoms with Crippen LogP contribution in [0.5, 0.6) is 0 Å². The minimum atomic E-state index is -1.59. The SMILES string of the molecule is CC1(C(=O)O)C2CC(N)C(N)(C(=O)O)C21. The highest BCUT2D eigenvalue weighted by atomic mass is 16.4. The van der Waals surface area contributed by atoms with Crippen molar-refractivity contribution >= 4 is 11.9 Å². The lowest BCUT2D eigenvalue weighted by atomic mass is 9.82. The van der Waals surface area contributed by atoms with E-state index in [1.54, 1.807) is 6.92 Å². The van der Waals surface area contributed by atoms with Crippen molar-refractivity contribution in [3.63, 3.8) is 0 Å². The summed E-state index contributed by atoms with van der Waals surface area (Å²) in [4.78, 5) is 22.1. The van der Waals surface area contributed by atoms with E-state index in [1.165, 1.54) is 0 Å². The smallest absolute Gasteiger partial charge is 0.325 e. The van der Waals surface area contributed by atoms with Gasteiger partial charge in [-0.3, -0.25) is 9.59 Å². The maximum absolute atomic E-state index is 11.1. The Labute approximate surface area is 86.2 Å². The molecule has 0 aliphatic heterocycles. The first kappa shape index (κ1) is 10.4. The van der Waals surface area contributed by atoms with Gasteiger partial charge in [-0.05, 0) is 19.3 Å². The summed E-state index contributed by atoms with van der Waals surface area (Å²) < 4.78 is 0. The van der Waals surface area contributed by atoms with Crippen molar-refractivity contribution in [2.75, 3.05) is 0 Å². The van der Waals surface area contributed by atoms with E-state index in [-0.39, 0.29) is 5.92 Å². The summed E-state index contributed by atoms with van der Waals surface area (Å²) in [5.74, 6) is -2.94. The van der Waals surface area contributed by atoms with Crippen LogP contribution in [0.15, 0.2) is 0 Å². The molecule has 2 rings (SSSR count). The summed E-state index contributed by atoms with van der Waals surface area (Å²) in [6.07, 6.45) is 0.371. The van der Waals surface area contributed by atoms with E-state index in [0.29, 0.717) is 6.42 Å². The Morgan fingerprint density at radius 2 is 1.87 bits per heavy atom. The molecular weight excluding hydrogens is 200 g/mol. The van der Waals surface area contributed by atoms with Gasteiger partial charge in [-0.15, -0.1) is 0 Å². The summed E-state index contributed by atoms with van der Waals surface area (Å²) in [5.41, 5.74) is 8.82. The van der Waals surface area contributed by atoms with E-state index in [0.717, 1.165) is 0 Å². The Morgan fingerprint density at radius 1 is 1.33 bits per heavy atom. The number of carboxylic acids is 2. The molecule has 15 heavy (non-hydrogen) atoms. The normalized spacial score (nSPS) is 52.3. The molecule has 6 heteroatoms. The fourth-order valence-corrected chi connectivity index (χ4v) is 3.09. The van der Waals surface area contributed by atoms with Crippen LogP contribution < -0.4 is 11.5 Å². The van der Waals surface area contributed by atoms with Crippen molar-refractivity contribution in [3.8, 4) is 0 Å². The predicted molar refractivity (Wildman–Crippen MR) is 49.9 cm³/mol. The second kappa shape index (κ2) is 2.51. The number of fused-ring (bicyclic) bond motifs is 1. The fraction of sp³-hybridized carbons (Fsp3) is 0.778. The lowest BCUT2D eigenvalue weighted by Gasteiger charge is -2.30. The molecule has 2 aliphatic rings. The van der Waals surface area contributed by atoms with Gasteiger partial charge >= 0.3 is 11.9 Å². The highest BCUT2D eigenvalue weighted by molar-refractivity contribution is 5.88. The van der Waals surface area contributed by atoms with E-state index in [1.807, 2.05) is 0 Å². The van der Waals surface area contributed by atoms with Crippen molar-refractivity contribution in [2.45, 2.75) is 24.9 Å². The van der Waals surface area contributed by atoms with Gasteiger partial charge in [-0.25, -0.2) is 0 Å². The van der Waals surface area contributed by atoms with Crippen LogP contribution in [0.3, 0.4) is 0 Å². The van der Waals surface area contributed by atoms with Gasteiger partial charge in [-0.2, -0.15) is 0 Å². The number of carboxylic acid groups (broad SMARTS) is 2. The molecule has 2 saturated carbocycles. The molecule has 0 heterocycles. The lowest BCUT2D eigenvalue weighted by Crippen LogP contribution is -2.62. The molecule has 0 spiro atoms. The number of hydrogen-bond donors (Lipinski definition) is 4. The predicted octanol–water partition coefficient (Wildman–Crippen LogP) is -1.16. The first-order chi connectivity index (χ1) is 6.77. The highest BCUT2D eigenvalue weighted by Gasteiger charge is 2.80. The summed E-state index contributed by atoms with van der Waals surface area (Å²) in [5, 5.41) is 18.1. The van der Waals surface area contributed by atoms with Gasteiger partial charge in [0.1, 0.15) is 5.54 Å². The molecule has 5 atom stereocenters.